The number of halogens is 1. The van der Waals surface area contributed by atoms with Crippen molar-refractivity contribution in [3.63, 3.8) is 0 Å². The molecule has 0 radical (unpaired) electrons. The molecule has 0 aliphatic rings. The average molecular weight is 331 g/mol. The maximum absolute atomic E-state index is 10.0. The molecule has 1 rings (SSSR count). The highest BCUT2D eigenvalue weighted by molar-refractivity contribution is 9.10. The van der Waals surface area contributed by atoms with Crippen molar-refractivity contribution in [1.82, 2.24) is 4.90 Å². The third-order valence-corrected chi connectivity index (χ3v) is 3.76. The van der Waals surface area contributed by atoms with Gasteiger partial charge in [-0.15, -0.1) is 0 Å². The molecule has 108 valence electrons. The first-order chi connectivity index (χ1) is 9.10. The van der Waals surface area contributed by atoms with Gasteiger partial charge in [0.15, 0.2) is 0 Å². The summed E-state index contributed by atoms with van der Waals surface area (Å²) in [5.74, 6) is 0.795. The van der Waals surface area contributed by atoms with Crippen LogP contribution in [0.5, 0.6) is 5.75 Å². The Balaban J connectivity index is 2.51. The van der Waals surface area contributed by atoms with E-state index in [1.54, 1.807) is 7.11 Å². The lowest BCUT2D eigenvalue weighted by molar-refractivity contribution is 0.128. The Labute approximate surface area is 123 Å². The maximum Gasteiger partial charge on any atom is 0.121 e. The highest BCUT2D eigenvalue weighted by atomic mass is 79.9. The summed E-state index contributed by atoms with van der Waals surface area (Å²) in [5.41, 5.74) is 0.929. The molecule has 0 heterocycles. The topological polar surface area (TPSA) is 44.7 Å². The molecule has 1 unspecified atom stereocenters. The van der Waals surface area contributed by atoms with E-state index in [4.69, 9.17) is 4.74 Å². The van der Waals surface area contributed by atoms with E-state index in [0.29, 0.717) is 13.1 Å². The van der Waals surface area contributed by atoms with E-state index in [-0.39, 0.29) is 0 Å². The van der Waals surface area contributed by atoms with E-state index in [0.717, 1.165) is 29.0 Å². The normalized spacial score (nSPS) is 12.5. The van der Waals surface area contributed by atoms with Gasteiger partial charge < -0.3 is 20.1 Å². The second-order valence-corrected chi connectivity index (χ2v) is 5.22. The Hall–Kier alpha value is -0.780. The van der Waals surface area contributed by atoms with Crippen molar-refractivity contribution in [3.8, 4) is 5.75 Å². The molecule has 0 saturated carbocycles. The van der Waals surface area contributed by atoms with E-state index in [1.807, 2.05) is 18.2 Å². The lowest BCUT2D eigenvalue weighted by Crippen LogP contribution is -2.35. The van der Waals surface area contributed by atoms with Crippen molar-refractivity contribution in [2.75, 3.05) is 38.6 Å². The van der Waals surface area contributed by atoms with E-state index >= 15 is 0 Å². The molecule has 1 aromatic rings. The van der Waals surface area contributed by atoms with Gasteiger partial charge in [0.1, 0.15) is 5.75 Å². The van der Waals surface area contributed by atoms with Gasteiger partial charge in [0.2, 0.25) is 0 Å². The van der Waals surface area contributed by atoms with Gasteiger partial charge in [-0.2, -0.15) is 0 Å². The number of aliphatic hydroxyl groups excluding tert-OH is 1. The summed E-state index contributed by atoms with van der Waals surface area (Å²) in [6.07, 6.45) is -0.391. The Bertz CT molecular complexity index is 384. The van der Waals surface area contributed by atoms with Crippen LogP contribution in [0, 0.1) is 0 Å². The number of hydrogen-bond donors (Lipinski definition) is 2. The minimum absolute atomic E-state index is 0.391. The van der Waals surface area contributed by atoms with Crippen LogP contribution in [-0.2, 0) is 0 Å². The standard InChI is InChI=1S/C14H23BrN2O2/c1-4-17(5-2)10-11(18)9-16-14-8-12(19-3)6-7-13(14)15/h6-8,11,16,18H,4-5,9-10H2,1-3H3. The molecule has 0 aromatic heterocycles. The Morgan fingerprint density at radius 1 is 1.37 bits per heavy atom. The number of hydrogen-bond acceptors (Lipinski definition) is 4. The number of nitrogens with zero attached hydrogens (tertiary/aromatic N) is 1. The molecule has 19 heavy (non-hydrogen) atoms. The highest BCUT2D eigenvalue weighted by Crippen LogP contribution is 2.26. The fourth-order valence-corrected chi connectivity index (χ4v) is 2.23. The van der Waals surface area contributed by atoms with Crippen molar-refractivity contribution in [2.45, 2.75) is 20.0 Å². The number of aliphatic hydroxyl groups is 1. The van der Waals surface area contributed by atoms with E-state index in [2.05, 4.69) is 40.0 Å². The van der Waals surface area contributed by atoms with Crippen LogP contribution < -0.4 is 10.1 Å². The number of ether oxygens (including phenoxy) is 1. The van der Waals surface area contributed by atoms with Crippen LogP contribution in [0.3, 0.4) is 0 Å². The Morgan fingerprint density at radius 3 is 2.63 bits per heavy atom. The quantitative estimate of drug-likeness (QED) is 0.769. The van der Waals surface area contributed by atoms with Crippen molar-refractivity contribution < 1.29 is 9.84 Å². The molecule has 0 saturated heterocycles. The number of methoxy groups -OCH3 is 1. The average Bonchev–Trinajstić information content (AvgIpc) is 2.43. The Morgan fingerprint density at radius 2 is 2.05 bits per heavy atom. The summed E-state index contributed by atoms with van der Waals surface area (Å²) in [5, 5.41) is 13.2. The van der Waals surface area contributed by atoms with Crippen LogP contribution >= 0.6 is 15.9 Å². The molecule has 0 aliphatic carbocycles. The SMILES string of the molecule is CCN(CC)CC(O)CNc1cc(OC)ccc1Br. The highest BCUT2D eigenvalue weighted by Gasteiger charge is 2.10. The number of nitrogens with one attached hydrogen (secondary N) is 1. The predicted molar refractivity (Wildman–Crippen MR) is 83.0 cm³/mol. The second kappa shape index (κ2) is 8.40. The molecule has 0 amide bonds. The number of likely N-dealkylation sites (N-methyl/N-ethyl adjacent to an activating group) is 1. The summed E-state index contributed by atoms with van der Waals surface area (Å²) < 4.78 is 6.15. The zero-order valence-electron chi connectivity index (χ0n) is 11.8. The van der Waals surface area contributed by atoms with Crippen LogP contribution in [-0.4, -0.2) is 49.4 Å². The van der Waals surface area contributed by atoms with E-state index in [1.165, 1.54) is 0 Å². The van der Waals surface area contributed by atoms with Gasteiger partial charge in [-0.25, -0.2) is 0 Å². The summed E-state index contributed by atoms with van der Waals surface area (Å²) in [6, 6.07) is 5.73. The summed E-state index contributed by atoms with van der Waals surface area (Å²) >= 11 is 3.48. The van der Waals surface area contributed by atoms with Gasteiger partial charge in [-0.1, -0.05) is 13.8 Å². The van der Waals surface area contributed by atoms with Crippen LogP contribution in [0.1, 0.15) is 13.8 Å². The molecular formula is C14H23BrN2O2. The molecule has 5 heteroatoms. The fraction of sp³-hybridized carbons (Fsp3) is 0.571. The predicted octanol–water partition coefficient (Wildman–Crippen LogP) is 2.57. The fourth-order valence-electron chi connectivity index (χ4n) is 1.84. The number of rotatable bonds is 8. The van der Waals surface area contributed by atoms with Gasteiger partial charge in [-0.3, -0.25) is 0 Å². The monoisotopic (exact) mass is 330 g/mol. The third kappa shape index (κ3) is 5.38. The van der Waals surface area contributed by atoms with Gasteiger partial charge in [0, 0.05) is 23.6 Å². The van der Waals surface area contributed by atoms with Crippen molar-refractivity contribution >= 4 is 21.6 Å². The number of benzene rings is 1. The zero-order valence-corrected chi connectivity index (χ0v) is 13.4. The number of anilines is 1. The Kier molecular flexibility index (Phi) is 7.20. The first kappa shape index (κ1) is 16.3. The van der Waals surface area contributed by atoms with Crippen molar-refractivity contribution in [2.24, 2.45) is 0 Å². The summed E-state index contributed by atoms with van der Waals surface area (Å²) in [4.78, 5) is 2.20. The van der Waals surface area contributed by atoms with Gasteiger partial charge >= 0.3 is 0 Å². The minimum Gasteiger partial charge on any atom is -0.497 e. The summed E-state index contributed by atoms with van der Waals surface area (Å²) in [7, 11) is 1.64. The second-order valence-electron chi connectivity index (χ2n) is 4.37. The van der Waals surface area contributed by atoms with Crippen molar-refractivity contribution in [3.05, 3.63) is 22.7 Å². The molecule has 2 N–H and O–H groups in total. The molecule has 1 atom stereocenters. The first-order valence-electron chi connectivity index (χ1n) is 6.58. The maximum atomic E-state index is 10.0. The molecule has 0 aliphatic heterocycles. The molecule has 0 fully saturated rings. The van der Waals surface area contributed by atoms with Crippen LogP contribution in [0.25, 0.3) is 0 Å². The van der Waals surface area contributed by atoms with Crippen LogP contribution in [0.4, 0.5) is 5.69 Å². The lowest BCUT2D eigenvalue weighted by Gasteiger charge is -2.22. The van der Waals surface area contributed by atoms with E-state index in [9.17, 15) is 5.11 Å². The van der Waals surface area contributed by atoms with Crippen LogP contribution in [0.15, 0.2) is 22.7 Å². The lowest BCUT2D eigenvalue weighted by atomic mass is 10.2. The molecule has 0 spiro atoms. The third-order valence-electron chi connectivity index (χ3n) is 3.07. The molecule has 1 aromatic carbocycles. The van der Waals surface area contributed by atoms with E-state index < -0.39 is 6.10 Å². The minimum atomic E-state index is -0.391. The first-order valence-corrected chi connectivity index (χ1v) is 7.37. The van der Waals surface area contributed by atoms with Crippen molar-refractivity contribution in [1.29, 1.82) is 0 Å². The van der Waals surface area contributed by atoms with Crippen LogP contribution in [0.2, 0.25) is 0 Å². The summed E-state index contributed by atoms with van der Waals surface area (Å²) in [6.45, 7) is 7.31. The molecular weight excluding hydrogens is 308 g/mol. The van der Waals surface area contributed by atoms with Gasteiger partial charge in [0.25, 0.3) is 0 Å². The molecule has 4 nitrogen and oxygen atoms in total. The largest absolute Gasteiger partial charge is 0.497 e. The van der Waals surface area contributed by atoms with Gasteiger partial charge in [-0.05, 0) is 41.2 Å². The molecule has 0 bridgehead atoms. The van der Waals surface area contributed by atoms with Gasteiger partial charge in [0.05, 0.1) is 18.9 Å². The smallest absolute Gasteiger partial charge is 0.121 e. The zero-order chi connectivity index (χ0) is 14.3.